The molecule has 0 unspecified atom stereocenters. The zero-order chi connectivity index (χ0) is 31.8. The second-order valence-electron chi connectivity index (χ2n) is 11.4. The fraction of sp³-hybridized carbons (Fsp3) is 0.273. The minimum absolute atomic E-state index is 0.0507. The van der Waals surface area contributed by atoms with Gasteiger partial charge in [0, 0.05) is 79.5 Å². The van der Waals surface area contributed by atoms with Gasteiger partial charge in [-0.3, -0.25) is 14.7 Å². The number of hydrogen-bond acceptors (Lipinski definition) is 10. The number of aromatic nitrogens is 4. The average molecular weight is 640 g/mol. The average Bonchev–Trinajstić information content (AvgIpc) is 3.07. The third-order valence-electron chi connectivity index (χ3n) is 8.67. The number of halogens is 1. The lowest BCUT2D eigenvalue weighted by atomic mass is 10.00. The molecule has 0 aliphatic carbocycles. The van der Waals surface area contributed by atoms with Crippen LogP contribution in [0.25, 0.3) is 22.0 Å². The summed E-state index contributed by atoms with van der Waals surface area (Å²) in [5.74, 6) is 0.536. The highest BCUT2D eigenvalue weighted by Crippen LogP contribution is 2.39. The van der Waals surface area contributed by atoms with Gasteiger partial charge in [0.05, 0.1) is 29.2 Å². The maximum atomic E-state index is 15.5. The van der Waals surface area contributed by atoms with Gasteiger partial charge in [0.15, 0.2) is 11.6 Å². The SMILES string of the molecule is COc1cc(CN(Cc2c3n(c4cc(-c5ccncc5)c(F)cc4c2=O)CS3)[C@H]2CCCN(c3ccc([N+](=O)[O-])nc3)C2)ccn1. The molecule has 0 saturated carbocycles. The van der Waals surface area contributed by atoms with Crippen LogP contribution in [0.3, 0.4) is 0 Å². The van der Waals surface area contributed by atoms with E-state index in [2.05, 4.69) is 29.3 Å². The summed E-state index contributed by atoms with van der Waals surface area (Å²) >= 11 is 1.62. The van der Waals surface area contributed by atoms with Crippen LogP contribution < -0.4 is 15.1 Å². The first-order chi connectivity index (χ1) is 22.4. The summed E-state index contributed by atoms with van der Waals surface area (Å²) in [5, 5.41) is 12.4. The van der Waals surface area contributed by atoms with E-state index in [1.807, 2.05) is 12.1 Å². The molecule has 46 heavy (non-hydrogen) atoms. The molecule has 0 amide bonds. The second kappa shape index (κ2) is 12.5. The zero-order valence-corrected chi connectivity index (χ0v) is 25.8. The molecule has 11 nitrogen and oxygen atoms in total. The third-order valence-corrected chi connectivity index (χ3v) is 9.80. The first kappa shape index (κ1) is 29.8. The number of hydrogen-bond donors (Lipinski definition) is 0. The van der Waals surface area contributed by atoms with Crippen LogP contribution in [0.4, 0.5) is 15.9 Å². The summed E-state index contributed by atoms with van der Waals surface area (Å²) in [5.41, 5.74) is 4.14. The number of fused-ring (bicyclic) bond motifs is 3. The van der Waals surface area contributed by atoms with Crippen molar-refractivity contribution in [2.24, 2.45) is 0 Å². The molecule has 0 N–H and O–H groups in total. The van der Waals surface area contributed by atoms with Gasteiger partial charge < -0.3 is 24.3 Å². The number of methoxy groups -OCH3 is 1. The predicted molar refractivity (Wildman–Crippen MR) is 173 cm³/mol. The van der Waals surface area contributed by atoms with Crippen LogP contribution in [0.15, 0.2) is 83.1 Å². The monoisotopic (exact) mass is 639 g/mol. The Labute approximate surface area is 267 Å². The predicted octanol–water partition coefficient (Wildman–Crippen LogP) is 5.64. The van der Waals surface area contributed by atoms with E-state index < -0.39 is 10.7 Å². The number of rotatable bonds is 9. The standard InChI is InChI=1S/C33H30FN7O4S/c1-45-31-13-21(6-11-36-31)17-39(24-3-2-12-38(18-24)23-4-5-30(37-16-23)41(43)44)19-27-32(42)26-14-28(34)25(22-7-9-35-10-8-22)15-29(26)40-20-46-33(27)40/h4-11,13-16,24H,2-3,12,17-20H2,1H3/t24-/m0/s1. The highest BCUT2D eigenvalue weighted by atomic mass is 32.2. The molecule has 1 atom stereocenters. The molecule has 7 rings (SSSR count). The summed E-state index contributed by atoms with van der Waals surface area (Å²) in [6, 6.07) is 13.7. The fourth-order valence-electron chi connectivity index (χ4n) is 6.31. The quantitative estimate of drug-likeness (QED) is 0.148. The molecule has 1 aromatic carbocycles. The molecule has 234 valence electrons. The molecule has 6 heterocycles. The number of thioether (sulfide) groups is 1. The summed E-state index contributed by atoms with van der Waals surface area (Å²) in [6.07, 6.45) is 8.29. The summed E-state index contributed by atoms with van der Waals surface area (Å²) < 4.78 is 23.0. The van der Waals surface area contributed by atoms with E-state index in [9.17, 15) is 14.9 Å². The minimum Gasteiger partial charge on any atom is -0.481 e. The van der Waals surface area contributed by atoms with E-state index in [0.29, 0.717) is 53.5 Å². The highest BCUT2D eigenvalue weighted by Gasteiger charge is 2.31. The Morgan fingerprint density at radius 2 is 1.96 bits per heavy atom. The minimum atomic E-state index is -0.505. The number of ether oxygens (including phenoxy) is 1. The number of nitrogens with zero attached hydrogens (tertiary/aromatic N) is 7. The highest BCUT2D eigenvalue weighted by molar-refractivity contribution is 7.99. The lowest BCUT2D eigenvalue weighted by Crippen LogP contribution is -2.48. The van der Waals surface area contributed by atoms with Crippen molar-refractivity contribution in [3.8, 4) is 17.0 Å². The zero-order valence-electron chi connectivity index (χ0n) is 25.0. The fourth-order valence-corrected chi connectivity index (χ4v) is 7.27. The van der Waals surface area contributed by atoms with Crippen molar-refractivity contribution in [1.82, 2.24) is 24.4 Å². The molecule has 0 bridgehead atoms. The van der Waals surface area contributed by atoms with Gasteiger partial charge in [-0.2, -0.15) is 0 Å². The largest absolute Gasteiger partial charge is 0.481 e. The number of pyridine rings is 4. The Balaban J connectivity index is 1.25. The van der Waals surface area contributed by atoms with Crippen molar-refractivity contribution in [1.29, 1.82) is 0 Å². The van der Waals surface area contributed by atoms with Crippen LogP contribution in [0.2, 0.25) is 0 Å². The van der Waals surface area contributed by atoms with Crippen molar-refractivity contribution >= 4 is 34.2 Å². The molecule has 13 heteroatoms. The van der Waals surface area contributed by atoms with E-state index in [1.54, 1.807) is 67.9 Å². The molecule has 4 aromatic heterocycles. The van der Waals surface area contributed by atoms with Gasteiger partial charge in [-0.1, -0.05) is 11.8 Å². The maximum absolute atomic E-state index is 15.5. The van der Waals surface area contributed by atoms with Crippen LogP contribution in [-0.4, -0.2) is 55.6 Å². The lowest BCUT2D eigenvalue weighted by molar-refractivity contribution is -0.389. The van der Waals surface area contributed by atoms with E-state index >= 15 is 4.39 Å². The van der Waals surface area contributed by atoms with Gasteiger partial charge in [-0.25, -0.2) is 9.37 Å². The number of anilines is 1. The summed E-state index contributed by atoms with van der Waals surface area (Å²) in [6.45, 7) is 2.34. The van der Waals surface area contributed by atoms with E-state index in [4.69, 9.17) is 4.74 Å². The van der Waals surface area contributed by atoms with E-state index in [-0.39, 0.29) is 17.3 Å². The first-order valence-corrected chi connectivity index (χ1v) is 15.9. The van der Waals surface area contributed by atoms with Gasteiger partial charge in [0.25, 0.3) is 0 Å². The van der Waals surface area contributed by atoms with Crippen molar-refractivity contribution in [3.05, 3.63) is 111 Å². The molecule has 5 aromatic rings. The number of benzene rings is 1. The molecule has 0 radical (unpaired) electrons. The maximum Gasteiger partial charge on any atom is 0.363 e. The summed E-state index contributed by atoms with van der Waals surface area (Å²) in [4.78, 5) is 41.6. The Morgan fingerprint density at radius 3 is 2.67 bits per heavy atom. The van der Waals surface area contributed by atoms with Gasteiger partial charge in [-0.15, -0.1) is 0 Å². The van der Waals surface area contributed by atoms with E-state index in [0.717, 1.165) is 41.2 Å². The Bertz CT molecular complexity index is 1990. The normalized spacial score (nSPS) is 15.9. The topological polar surface area (TPSA) is 120 Å². The van der Waals surface area contributed by atoms with Gasteiger partial charge >= 0.3 is 5.82 Å². The smallest absolute Gasteiger partial charge is 0.363 e. The lowest BCUT2D eigenvalue weighted by Gasteiger charge is -2.40. The van der Waals surface area contributed by atoms with Crippen LogP contribution in [-0.2, 0) is 19.0 Å². The van der Waals surface area contributed by atoms with E-state index in [1.165, 1.54) is 12.1 Å². The molecule has 2 aliphatic heterocycles. The molecular formula is C33H30FN7O4S. The Kier molecular flexibility index (Phi) is 8.09. The van der Waals surface area contributed by atoms with Crippen LogP contribution in [0, 0.1) is 15.9 Å². The molecule has 1 fully saturated rings. The van der Waals surface area contributed by atoms with Gasteiger partial charge in [-0.05, 0) is 70.3 Å². The molecule has 1 saturated heterocycles. The molecular weight excluding hydrogens is 609 g/mol. The Morgan fingerprint density at radius 1 is 1.11 bits per heavy atom. The van der Waals surface area contributed by atoms with Crippen LogP contribution in [0.5, 0.6) is 5.88 Å². The van der Waals surface area contributed by atoms with Crippen LogP contribution >= 0.6 is 11.8 Å². The van der Waals surface area contributed by atoms with Crippen molar-refractivity contribution in [2.75, 3.05) is 25.1 Å². The molecule has 0 spiro atoms. The first-order valence-electron chi connectivity index (χ1n) is 14.9. The number of nitro groups is 1. The van der Waals surface area contributed by atoms with Crippen LogP contribution in [0.1, 0.15) is 24.0 Å². The third kappa shape index (κ3) is 5.67. The van der Waals surface area contributed by atoms with Crippen molar-refractivity contribution < 1.29 is 14.1 Å². The summed E-state index contributed by atoms with van der Waals surface area (Å²) in [7, 11) is 1.58. The van der Waals surface area contributed by atoms with Gasteiger partial charge in [0.1, 0.15) is 5.82 Å². The number of piperidine rings is 1. The van der Waals surface area contributed by atoms with Crippen molar-refractivity contribution in [3.63, 3.8) is 0 Å². The van der Waals surface area contributed by atoms with Crippen molar-refractivity contribution in [2.45, 2.75) is 42.9 Å². The van der Waals surface area contributed by atoms with Gasteiger partial charge in [0.2, 0.25) is 5.88 Å². The Hall–Kier alpha value is -4.88. The second-order valence-corrected chi connectivity index (χ2v) is 12.3. The molecule has 2 aliphatic rings.